The molecule has 4 heteroatoms. The summed E-state index contributed by atoms with van der Waals surface area (Å²) in [5.41, 5.74) is 2.91. The predicted octanol–water partition coefficient (Wildman–Crippen LogP) is 0.913. The smallest absolute Gasteiger partial charge is 0.237 e. The fourth-order valence-electron chi connectivity index (χ4n) is 3.11. The van der Waals surface area contributed by atoms with Crippen LogP contribution in [0.1, 0.15) is 24.0 Å². The Morgan fingerprint density at radius 1 is 1.35 bits per heavy atom. The largest absolute Gasteiger partial charge is 0.353 e. The van der Waals surface area contributed by atoms with E-state index in [9.17, 15) is 4.79 Å². The van der Waals surface area contributed by atoms with Gasteiger partial charge in [-0.1, -0.05) is 24.3 Å². The molecule has 1 fully saturated rings. The first-order chi connectivity index (χ1) is 9.83. The normalized spacial score (nSPS) is 22.5. The highest BCUT2D eigenvalue weighted by Gasteiger charge is 2.21. The third kappa shape index (κ3) is 3.19. The summed E-state index contributed by atoms with van der Waals surface area (Å²) < 4.78 is 0. The molecular formula is C16H23N3O. The molecule has 2 N–H and O–H groups in total. The van der Waals surface area contributed by atoms with E-state index in [0.717, 1.165) is 52.0 Å². The lowest BCUT2D eigenvalue weighted by Gasteiger charge is -2.28. The molecule has 108 valence electrons. The fourth-order valence-corrected chi connectivity index (χ4v) is 3.11. The molecule has 0 bridgehead atoms. The first-order valence-corrected chi connectivity index (χ1v) is 7.63. The van der Waals surface area contributed by atoms with Crippen molar-refractivity contribution in [3.05, 3.63) is 35.4 Å². The Kier molecular flexibility index (Phi) is 4.33. The molecule has 1 amide bonds. The molecule has 1 saturated heterocycles. The van der Waals surface area contributed by atoms with Gasteiger partial charge in [0.15, 0.2) is 0 Å². The quantitative estimate of drug-likeness (QED) is 0.857. The van der Waals surface area contributed by atoms with Crippen molar-refractivity contribution >= 4 is 5.91 Å². The number of hydrogen-bond acceptors (Lipinski definition) is 3. The molecule has 20 heavy (non-hydrogen) atoms. The molecule has 2 aliphatic rings. The van der Waals surface area contributed by atoms with Gasteiger partial charge in [0.2, 0.25) is 5.91 Å². The Bertz CT molecular complexity index is 469. The van der Waals surface area contributed by atoms with Gasteiger partial charge in [0.05, 0.1) is 6.04 Å². The fraction of sp³-hybridized carbons (Fsp3) is 0.562. The predicted molar refractivity (Wildman–Crippen MR) is 79.5 cm³/mol. The Labute approximate surface area is 120 Å². The molecule has 2 aliphatic heterocycles. The van der Waals surface area contributed by atoms with Crippen LogP contribution in [0.25, 0.3) is 0 Å². The van der Waals surface area contributed by atoms with E-state index in [1.54, 1.807) is 0 Å². The average molecular weight is 273 g/mol. The van der Waals surface area contributed by atoms with Gasteiger partial charge in [-0.15, -0.1) is 0 Å². The van der Waals surface area contributed by atoms with E-state index in [1.165, 1.54) is 11.1 Å². The molecule has 0 aliphatic carbocycles. The molecule has 2 heterocycles. The van der Waals surface area contributed by atoms with Crippen LogP contribution in [0, 0.1) is 0 Å². The van der Waals surface area contributed by atoms with Gasteiger partial charge in [-0.2, -0.15) is 0 Å². The second kappa shape index (κ2) is 6.37. The standard InChI is InChI=1S/C16H23N3O/c20-16(15-6-3-8-17-15)18-9-11-19-10-7-13-4-1-2-5-14(13)12-19/h1-2,4-5,15,17H,3,6-12H2,(H,18,20). The number of hydrogen-bond donors (Lipinski definition) is 2. The van der Waals surface area contributed by atoms with Crippen LogP contribution in [0.5, 0.6) is 0 Å². The summed E-state index contributed by atoms with van der Waals surface area (Å²) in [4.78, 5) is 14.3. The first-order valence-electron chi connectivity index (χ1n) is 7.63. The van der Waals surface area contributed by atoms with Crippen LogP contribution in [0.15, 0.2) is 24.3 Å². The topological polar surface area (TPSA) is 44.4 Å². The number of nitrogens with one attached hydrogen (secondary N) is 2. The van der Waals surface area contributed by atoms with E-state index in [0.29, 0.717) is 0 Å². The van der Waals surface area contributed by atoms with Crippen molar-refractivity contribution in [2.75, 3.05) is 26.2 Å². The van der Waals surface area contributed by atoms with Crippen LogP contribution < -0.4 is 10.6 Å². The zero-order chi connectivity index (χ0) is 13.8. The maximum atomic E-state index is 11.9. The van der Waals surface area contributed by atoms with Crippen LogP contribution in [0.2, 0.25) is 0 Å². The zero-order valence-electron chi connectivity index (χ0n) is 11.9. The van der Waals surface area contributed by atoms with Crippen molar-refractivity contribution < 1.29 is 4.79 Å². The highest BCUT2D eigenvalue weighted by atomic mass is 16.2. The Morgan fingerprint density at radius 2 is 2.20 bits per heavy atom. The van der Waals surface area contributed by atoms with Gasteiger partial charge in [-0.25, -0.2) is 0 Å². The van der Waals surface area contributed by atoms with Crippen molar-refractivity contribution in [3.8, 4) is 0 Å². The third-order valence-electron chi connectivity index (χ3n) is 4.31. The maximum Gasteiger partial charge on any atom is 0.237 e. The van der Waals surface area contributed by atoms with E-state index < -0.39 is 0 Å². The van der Waals surface area contributed by atoms with E-state index in [4.69, 9.17) is 0 Å². The van der Waals surface area contributed by atoms with E-state index in [2.05, 4.69) is 39.8 Å². The monoisotopic (exact) mass is 273 g/mol. The molecule has 0 aromatic heterocycles. The SMILES string of the molecule is O=C(NCCN1CCc2ccccc2C1)C1CCCN1. The Hall–Kier alpha value is -1.39. The molecular weight excluding hydrogens is 250 g/mol. The van der Waals surface area contributed by atoms with Crippen molar-refractivity contribution in [1.29, 1.82) is 0 Å². The lowest BCUT2D eigenvalue weighted by Crippen LogP contribution is -2.44. The molecule has 0 radical (unpaired) electrons. The highest BCUT2D eigenvalue weighted by molar-refractivity contribution is 5.81. The average Bonchev–Trinajstić information content (AvgIpc) is 3.01. The van der Waals surface area contributed by atoms with Gasteiger partial charge in [-0.3, -0.25) is 9.69 Å². The number of carbonyl (C=O) groups is 1. The molecule has 1 aromatic carbocycles. The number of amides is 1. The first kappa shape index (κ1) is 13.6. The van der Waals surface area contributed by atoms with Crippen molar-refractivity contribution in [2.45, 2.75) is 31.8 Å². The summed E-state index contributed by atoms with van der Waals surface area (Å²) in [6.45, 7) is 4.76. The molecule has 4 nitrogen and oxygen atoms in total. The summed E-state index contributed by atoms with van der Waals surface area (Å²) >= 11 is 0. The molecule has 1 aromatic rings. The third-order valence-corrected chi connectivity index (χ3v) is 4.31. The summed E-state index contributed by atoms with van der Waals surface area (Å²) in [6.07, 6.45) is 3.21. The second-order valence-corrected chi connectivity index (χ2v) is 5.73. The van der Waals surface area contributed by atoms with Crippen LogP contribution in [0.3, 0.4) is 0 Å². The molecule has 3 rings (SSSR count). The number of benzene rings is 1. The van der Waals surface area contributed by atoms with Crippen molar-refractivity contribution in [1.82, 2.24) is 15.5 Å². The second-order valence-electron chi connectivity index (χ2n) is 5.73. The molecule has 0 spiro atoms. The number of nitrogens with zero attached hydrogens (tertiary/aromatic N) is 1. The van der Waals surface area contributed by atoms with E-state index >= 15 is 0 Å². The minimum absolute atomic E-state index is 0.0390. The van der Waals surface area contributed by atoms with Gasteiger partial charge >= 0.3 is 0 Å². The van der Waals surface area contributed by atoms with E-state index in [1.807, 2.05) is 0 Å². The van der Waals surface area contributed by atoms with Crippen molar-refractivity contribution in [3.63, 3.8) is 0 Å². The number of fused-ring (bicyclic) bond motifs is 1. The lowest BCUT2D eigenvalue weighted by atomic mass is 10.00. The van der Waals surface area contributed by atoms with Gasteiger partial charge < -0.3 is 10.6 Å². The minimum Gasteiger partial charge on any atom is -0.353 e. The van der Waals surface area contributed by atoms with Gasteiger partial charge in [0, 0.05) is 26.2 Å². The molecule has 1 atom stereocenters. The Morgan fingerprint density at radius 3 is 3.00 bits per heavy atom. The van der Waals surface area contributed by atoms with Crippen LogP contribution in [-0.2, 0) is 17.8 Å². The van der Waals surface area contributed by atoms with Crippen LogP contribution >= 0.6 is 0 Å². The molecule has 1 unspecified atom stereocenters. The van der Waals surface area contributed by atoms with Gasteiger partial charge in [0.25, 0.3) is 0 Å². The van der Waals surface area contributed by atoms with Crippen molar-refractivity contribution in [2.24, 2.45) is 0 Å². The lowest BCUT2D eigenvalue weighted by molar-refractivity contribution is -0.122. The maximum absolute atomic E-state index is 11.9. The Balaban J connectivity index is 1.42. The van der Waals surface area contributed by atoms with E-state index in [-0.39, 0.29) is 11.9 Å². The summed E-state index contributed by atoms with van der Waals surface area (Å²) in [5.74, 6) is 0.167. The summed E-state index contributed by atoms with van der Waals surface area (Å²) in [5, 5.41) is 6.28. The minimum atomic E-state index is 0.0390. The summed E-state index contributed by atoms with van der Waals surface area (Å²) in [7, 11) is 0. The zero-order valence-corrected chi connectivity index (χ0v) is 11.9. The van der Waals surface area contributed by atoms with Gasteiger partial charge in [0.1, 0.15) is 0 Å². The molecule has 0 saturated carbocycles. The summed E-state index contributed by atoms with van der Waals surface area (Å²) in [6, 6.07) is 8.69. The number of rotatable bonds is 4. The highest BCUT2D eigenvalue weighted by Crippen LogP contribution is 2.17. The number of carbonyl (C=O) groups excluding carboxylic acids is 1. The van der Waals surface area contributed by atoms with Gasteiger partial charge in [-0.05, 0) is 36.9 Å². The van der Waals surface area contributed by atoms with Crippen LogP contribution in [0.4, 0.5) is 0 Å². The van der Waals surface area contributed by atoms with Crippen LogP contribution in [-0.4, -0.2) is 43.0 Å².